The lowest BCUT2D eigenvalue weighted by atomic mass is 10.0. The minimum Gasteiger partial charge on any atom is -0.497 e. The Hall–Kier alpha value is -2.50. The molecule has 0 aromatic heterocycles. The maximum absolute atomic E-state index is 5.28. The molecule has 4 rings (SSSR count). The minimum absolute atomic E-state index is 0.682. The van der Waals surface area contributed by atoms with E-state index < -0.39 is 0 Å². The summed E-state index contributed by atoms with van der Waals surface area (Å²) in [4.78, 5) is 7.80. The van der Waals surface area contributed by atoms with Crippen molar-refractivity contribution < 1.29 is 9.47 Å². The molecule has 0 N–H and O–H groups in total. The number of hydrogen-bond acceptors (Lipinski definition) is 5. The van der Waals surface area contributed by atoms with E-state index in [1.165, 1.54) is 37.2 Å². The molecule has 2 fully saturated rings. The summed E-state index contributed by atoms with van der Waals surface area (Å²) in [6.45, 7) is 7.89. The summed E-state index contributed by atoms with van der Waals surface area (Å²) in [5.74, 6) is 1.83. The number of piperazine rings is 1. The Morgan fingerprint density at radius 1 is 0.839 bits per heavy atom. The number of methoxy groups -OCH3 is 2. The van der Waals surface area contributed by atoms with Gasteiger partial charge in [0.25, 0.3) is 0 Å². The van der Waals surface area contributed by atoms with Gasteiger partial charge in [-0.1, -0.05) is 24.3 Å². The van der Waals surface area contributed by atoms with E-state index in [0.717, 1.165) is 44.2 Å². The zero-order valence-electron chi connectivity index (χ0n) is 18.9. The van der Waals surface area contributed by atoms with E-state index >= 15 is 0 Å². The van der Waals surface area contributed by atoms with Crippen molar-refractivity contribution in [1.82, 2.24) is 9.80 Å². The molecule has 5 nitrogen and oxygen atoms in total. The van der Waals surface area contributed by atoms with Gasteiger partial charge in [-0.3, -0.25) is 9.80 Å². The van der Waals surface area contributed by atoms with Crippen molar-refractivity contribution >= 4 is 11.8 Å². The monoisotopic (exact) mass is 421 g/mol. The van der Waals surface area contributed by atoms with Crippen LogP contribution in [-0.2, 0) is 0 Å². The first-order valence-electron chi connectivity index (χ1n) is 11.4. The first kappa shape index (κ1) is 21.7. The number of benzene rings is 2. The van der Waals surface area contributed by atoms with Crippen molar-refractivity contribution in [2.45, 2.75) is 18.9 Å². The van der Waals surface area contributed by atoms with Gasteiger partial charge in [-0.15, -0.1) is 0 Å². The van der Waals surface area contributed by atoms with Gasteiger partial charge in [0.05, 0.1) is 14.2 Å². The topological polar surface area (TPSA) is 28.2 Å². The van der Waals surface area contributed by atoms with Crippen LogP contribution in [0.3, 0.4) is 0 Å². The average molecular weight is 422 g/mol. The molecule has 2 aromatic carbocycles. The maximum Gasteiger partial charge on any atom is 0.119 e. The number of rotatable bonds is 7. The molecule has 2 aliphatic rings. The van der Waals surface area contributed by atoms with Crippen LogP contribution >= 0.6 is 0 Å². The molecule has 31 heavy (non-hydrogen) atoms. The van der Waals surface area contributed by atoms with Crippen LogP contribution in [0.5, 0.6) is 11.5 Å². The lowest BCUT2D eigenvalue weighted by Gasteiger charge is -2.43. The molecule has 1 atom stereocenters. The summed E-state index contributed by atoms with van der Waals surface area (Å²) >= 11 is 0. The van der Waals surface area contributed by atoms with Crippen molar-refractivity contribution in [3.8, 4) is 11.5 Å². The molecule has 0 radical (unpaired) electrons. The quantitative estimate of drug-likeness (QED) is 0.674. The van der Waals surface area contributed by atoms with Crippen molar-refractivity contribution in [3.05, 3.63) is 60.2 Å². The summed E-state index contributed by atoms with van der Waals surface area (Å²) < 4.78 is 10.5. The van der Waals surface area contributed by atoms with Gasteiger partial charge in [0, 0.05) is 51.0 Å². The molecule has 0 bridgehead atoms. The molecule has 2 saturated heterocycles. The summed E-state index contributed by atoms with van der Waals surface area (Å²) in [6.07, 6.45) is 7.13. The Bertz CT molecular complexity index is 827. The predicted octanol–water partition coefficient (Wildman–Crippen LogP) is 4.00. The van der Waals surface area contributed by atoms with Crippen molar-refractivity contribution in [1.29, 1.82) is 0 Å². The molecule has 2 aliphatic heterocycles. The van der Waals surface area contributed by atoms with Crippen LogP contribution in [0.4, 0.5) is 5.69 Å². The van der Waals surface area contributed by atoms with Crippen LogP contribution in [-0.4, -0.2) is 75.9 Å². The van der Waals surface area contributed by atoms with Gasteiger partial charge < -0.3 is 14.4 Å². The Morgan fingerprint density at radius 2 is 1.48 bits per heavy atom. The van der Waals surface area contributed by atoms with Crippen molar-refractivity contribution in [2.24, 2.45) is 0 Å². The molecule has 0 amide bonds. The number of likely N-dealkylation sites (tertiary alicyclic amines) is 1. The van der Waals surface area contributed by atoms with E-state index in [-0.39, 0.29) is 0 Å². The third-order valence-corrected chi connectivity index (χ3v) is 6.54. The standard InChI is InChI=1S/C26H35N3O2/c1-30-25-11-7-22(8-12-25)5-3-15-27-16-4-6-24(21-27)29-19-17-28(18-20-29)23-9-13-26(31-2)14-10-23/h3,5,7-14,24H,4,6,15-21H2,1-2H3/b5-3+/t24-/m1/s1. The number of hydrogen-bond donors (Lipinski definition) is 0. The van der Waals surface area contributed by atoms with Crippen molar-refractivity contribution in [2.75, 3.05) is 64.9 Å². The van der Waals surface area contributed by atoms with Crippen LogP contribution in [0, 0.1) is 0 Å². The summed E-state index contributed by atoms with van der Waals surface area (Å²) in [5.41, 5.74) is 2.53. The van der Waals surface area contributed by atoms with E-state index in [4.69, 9.17) is 9.47 Å². The lowest BCUT2D eigenvalue weighted by Crippen LogP contribution is -2.55. The third kappa shape index (κ3) is 5.81. The summed E-state index contributed by atoms with van der Waals surface area (Å²) in [5, 5.41) is 0. The predicted molar refractivity (Wildman–Crippen MR) is 128 cm³/mol. The highest BCUT2D eigenvalue weighted by Gasteiger charge is 2.27. The van der Waals surface area contributed by atoms with Gasteiger partial charge in [0.2, 0.25) is 0 Å². The van der Waals surface area contributed by atoms with Crippen LogP contribution in [0.1, 0.15) is 18.4 Å². The van der Waals surface area contributed by atoms with Crippen LogP contribution in [0.15, 0.2) is 54.6 Å². The first-order valence-corrected chi connectivity index (χ1v) is 11.4. The Kier molecular flexibility index (Phi) is 7.49. The number of nitrogens with zero attached hydrogens (tertiary/aromatic N) is 3. The number of anilines is 1. The Morgan fingerprint density at radius 3 is 2.13 bits per heavy atom. The number of ether oxygens (including phenoxy) is 2. The highest BCUT2D eigenvalue weighted by molar-refractivity contribution is 5.51. The number of piperidine rings is 1. The highest BCUT2D eigenvalue weighted by Crippen LogP contribution is 2.23. The summed E-state index contributed by atoms with van der Waals surface area (Å²) in [6, 6.07) is 17.4. The van der Waals surface area contributed by atoms with Gasteiger partial charge in [-0.2, -0.15) is 0 Å². The zero-order chi connectivity index (χ0) is 21.5. The fourth-order valence-electron chi connectivity index (χ4n) is 4.69. The van der Waals surface area contributed by atoms with E-state index in [9.17, 15) is 0 Å². The fourth-order valence-corrected chi connectivity index (χ4v) is 4.69. The van der Waals surface area contributed by atoms with Gasteiger partial charge in [-0.05, 0) is 61.3 Å². The van der Waals surface area contributed by atoms with Gasteiger partial charge in [0.15, 0.2) is 0 Å². The van der Waals surface area contributed by atoms with Crippen LogP contribution in [0.25, 0.3) is 6.08 Å². The van der Waals surface area contributed by atoms with Crippen LogP contribution < -0.4 is 14.4 Å². The molecule has 0 unspecified atom stereocenters. The van der Waals surface area contributed by atoms with Gasteiger partial charge >= 0.3 is 0 Å². The van der Waals surface area contributed by atoms with Gasteiger partial charge in [-0.25, -0.2) is 0 Å². The van der Waals surface area contributed by atoms with E-state index in [2.05, 4.69) is 63.2 Å². The fraction of sp³-hybridized carbons (Fsp3) is 0.462. The largest absolute Gasteiger partial charge is 0.497 e. The molecule has 0 aliphatic carbocycles. The molecule has 2 aromatic rings. The molecule has 5 heteroatoms. The Labute approximate surface area is 186 Å². The molecular weight excluding hydrogens is 386 g/mol. The second kappa shape index (κ2) is 10.7. The zero-order valence-corrected chi connectivity index (χ0v) is 18.9. The maximum atomic E-state index is 5.28. The second-order valence-electron chi connectivity index (χ2n) is 8.45. The molecule has 166 valence electrons. The average Bonchev–Trinajstić information content (AvgIpc) is 2.85. The van der Waals surface area contributed by atoms with Crippen LogP contribution in [0.2, 0.25) is 0 Å². The second-order valence-corrected chi connectivity index (χ2v) is 8.45. The lowest BCUT2D eigenvalue weighted by molar-refractivity contribution is 0.0991. The molecule has 0 spiro atoms. The molecule has 0 saturated carbocycles. The third-order valence-electron chi connectivity index (χ3n) is 6.54. The molecular formula is C26H35N3O2. The normalized spacial score (nSPS) is 20.8. The minimum atomic E-state index is 0.682. The van der Waals surface area contributed by atoms with E-state index in [1.807, 2.05) is 12.1 Å². The highest BCUT2D eigenvalue weighted by atomic mass is 16.5. The van der Waals surface area contributed by atoms with E-state index in [1.54, 1.807) is 14.2 Å². The molecule has 2 heterocycles. The van der Waals surface area contributed by atoms with Gasteiger partial charge in [0.1, 0.15) is 11.5 Å². The smallest absolute Gasteiger partial charge is 0.119 e. The van der Waals surface area contributed by atoms with Crippen molar-refractivity contribution in [3.63, 3.8) is 0 Å². The first-order chi connectivity index (χ1) is 15.2. The summed E-state index contributed by atoms with van der Waals surface area (Å²) in [7, 11) is 3.42. The van der Waals surface area contributed by atoms with E-state index in [0.29, 0.717) is 6.04 Å². The SMILES string of the molecule is COc1ccc(/C=C/CN2CCC[C@@H](N3CCN(c4ccc(OC)cc4)CC3)C2)cc1. The Balaban J connectivity index is 1.24.